The summed E-state index contributed by atoms with van der Waals surface area (Å²) in [7, 11) is 0. The number of carbonyl (C=O) groups is 1. The van der Waals surface area contributed by atoms with Crippen LogP contribution in [0.25, 0.3) is 10.4 Å². The third-order valence-electron chi connectivity index (χ3n) is 8.77. The second kappa shape index (κ2) is 17.7. The number of amides is 1. The highest BCUT2D eigenvalue weighted by atomic mass is 16.8. The number of ether oxygens (including phenoxy) is 7. The number of rotatable bonds is 12. The van der Waals surface area contributed by atoms with Crippen LogP contribution in [0.1, 0.15) is 6.92 Å². The first-order chi connectivity index (χ1) is 23.7. The molecule has 13 N–H and O–H groups in total. The second-order valence-electron chi connectivity index (χ2n) is 12.1. The van der Waals surface area contributed by atoms with E-state index < -0.39 is 155 Å². The number of nitrogens with one attached hydrogen (secondary N) is 1. The summed E-state index contributed by atoms with van der Waals surface area (Å²) in [6, 6.07) is -1.50. The highest BCUT2D eigenvalue weighted by Gasteiger charge is 2.55. The summed E-state index contributed by atoms with van der Waals surface area (Å²) in [6.07, 6.45) is -33.4. The van der Waals surface area contributed by atoms with Crippen molar-refractivity contribution in [2.45, 2.75) is 130 Å². The Morgan fingerprint density at radius 3 is 1.60 bits per heavy atom. The van der Waals surface area contributed by atoms with Crippen molar-refractivity contribution in [2.24, 2.45) is 5.11 Å². The lowest BCUT2D eigenvalue weighted by Crippen LogP contribution is -2.68. The number of aliphatic hydroxyl groups is 12. The fourth-order valence-corrected chi connectivity index (χ4v) is 6.09. The molecule has 0 spiro atoms. The second-order valence-corrected chi connectivity index (χ2v) is 12.1. The zero-order chi connectivity index (χ0) is 37.0. The number of hydrogen-bond donors (Lipinski definition) is 13. The molecule has 0 radical (unpaired) electrons. The molecule has 4 fully saturated rings. The summed E-state index contributed by atoms with van der Waals surface area (Å²) in [4.78, 5) is 14.3. The Kier molecular flexibility index (Phi) is 14.4. The fourth-order valence-electron chi connectivity index (χ4n) is 6.09. The minimum atomic E-state index is -2.05. The largest absolute Gasteiger partial charge is 0.394 e. The van der Waals surface area contributed by atoms with Gasteiger partial charge in [-0.1, -0.05) is 5.11 Å². The van der Waals surface area contributed by atoms with E-state index in [1.807, 2.05) is 0 Å². The smallest absolute Gasteiger partial charge is 0.217 e. The average Bonchev–Trinajstić information content (AvgIpc) is 3.09. The van der Waals surface area contributed by atoms with Gasteiger partial charge in [-0.25, -0.2) is 0 Å². The molecule has 0 aromatic rings. The molecule has 0 saturated carbocycles. The Morgan fingerprint density at radius 2 is 1.06 bits per heavy atom. The number of aliphatic hydroxyl groups excluding tert-OH is 12. The van der Waals surface area contributed by atoms with Crippen LogP contribution in [0.2, 0.25) is 0 Å². The highest BCUT2D eigenvalue weighted by molar-refractivity contribution is 5.73. The standard InChI is InChI=1S/C26H44N4O20/c1-6(35)28-11-14(38)12(36)7(2-31)45-24(11)50-22-13(37)8(3-32)46-26(19(22)43)49-21-10(5-34)47-25(18(42)16(21)40)48-20-9(4-33)44-23(29-30-27)17(41)15(20)39/h7-26,31-34,36-43H,2-5H2,1H3,(H,28,35)/t7-,8-,9-,10-,11-,12+,13+,14-,15-,16-,17-,18-,19-,20-,21+,22+,23?,24-,25+,26+/m1/s1. The molecule has 24 nitrogen and oxygen atoms in total. The maximum absolute atomic E-state index is 11.8. The molecule has 0 aromatic heterocycles. The molecule has 24 heteroatoms. The number of hydrogen-bond acceptors (Lipinski definition) is 21. The van der Waals surface area contributed by atoms with E-state index in [9.17, 15) is 66.1 Å². The van der Waals surface area contributed by atoms with Crippen LogP contribution in [0.3, 0.4) is 0 Å². The van der Waals surface area contributed by atoms with Crippen molar-refractivity contribution < 1.29 is 99.2 Å². The number of carbonyl (C=O) groups excluding carboxylic acids is 1. The summed E-state index contributed by atoms with van der Waals surface area (Å²) in [6.45, 7) is -2.39. The van der Waals surface area contributed by atoms with Crippen molar-refractivity contribution in [1.29, 1.82) is 0 Å². The third kappa shape index (κ3) is 8.46. The van der Waals surface area contributed by atoms with E-state index in [0.29, 0.717) is 0 Å². The summed E-state index contributed by atoms with van der Waals surface area (Å²) < 4.78 is 38.8. The molecule has 4 saturated heterocycles. The predicted octanol–water partition coefficient (Wildman–Crippen LogP) is -8.29. The van der Waals surface area contributed by atoms with Crippen LogP contribution < -0.4 is 5.32 Å². The van der Waals surface area contributed by atoms with E-state index in [-0.39, 0.29) is 0 Å². The van der Waals surface area contributed by atoms with Gasteiger partial charge in [0.05, 0.1) is 26.4 Å². The van der Waals surface area contributed by atoms with Crippen LogP contribution in [0.4, 0.5) is 0 Å². The van der Waals surface area contributed by atoms with E-state index in [0.717, 1.165) is 6.92 Å². The van der Waals surface area contributed by atoms with Gasteiger partial charge in [-0.05, 0) is 5.53 Å². The Labute approximate surface area is 282 Å². The zero-order valence-corrected chi connectivity index (χ0v) is 26.3. The van der Waals surface area contributed by atoms with E-state index in [1.165, 1.54) is 0 Å². The van der Waals surface area contributed by atoms with E-state index in [2.05, 4.69) is 15.3 Å². The van der Waals surface area contributed by atoms with Gasteiger partial charge in [-0.15, -0.1) is 0 Å². The minimum Gasteiger partial charge on any atom is -0.394 e. The minimum absolute atomic E-state index is 0.698. The van der Waals surface area contributed by atoms with Gasteiger partial charge in [0.25, 0.3) is 0 Å². The molecular formula is C26H44N4O20. The first kappa shape index (κ1) is 40.8. The molecule has 4 rings (SSSR count). The van der Waals surface area contributed by atoms with Crippen LogP contribution in [0, 0.1) is 0 Å². The molecule has 4 aliphatic heterocycles. The zero-order valence-electron chi connectivity index (χ0n) is 26.3. The molecule has 0 aromatic carbocycles. The number of nitrogens with zero attached hydrogens (tertiary/aromatic N) is 3. The SMILES string of the molecule is CC(=O)N[C@H]1[C@@H](O[C@H]2[C@@H](O)[C@@H](CO)O[C@@H](O[C@@H]3[C@H](O)[C@@H](O)[C@H](O[C@H]4[C@H](O)[C@@H](O)C(N=[N+]=[N-])O[C@@H]4CO)O[C@@H]3CO)[C@@H]2O)O[C@H](CO)[C@H](O)[C@@H]1O. The van der Waals surface area contributed by atoms with Crippen molar-refractivity contribution in [3.8, 4) is 0 Å². The van der Waals surface area contributed by atoms with Crippen LogP contribution in [-0.2, 0) is 38.0 Å². The maximum Gasteiger partial charge on any atom is 0.217 e. The van der Waals surface area contributed by atoms with Crippen molar-refractivity contribution in [3.63, 3.8) is 0 Å². The summed E-state index contributed by atoms with van der Waals surface area (Å²) in [5.74, 6) is -0.698. The third-order valence-corrected chi connectivity index (χ3v) is 8.77. The summed E-state index contributed by atoms with van der Waals surface area (Å²) in [5.41, 5.74) is 8.67. The molecule has 288 valence electrons. The van der Waals surface area contributed by atoms with Crippen LogP contribution in [0.15, 0.2) is 5.11 Å². The molecule has 1 amide bonds. The van der Waals surface area contributed by atoms with Gasteiger partial charge in [-0.2, -0.15) is 0 Å². The lowest BCUT2D eigenvalue weighted by Gasteiger charge is -2.49. The first-order valence-corrected chi connectivity index (χ1v) is 15.5. The monoisotopic (exact) mass is 732 g/mol. The van der Waals surface area contributed by atoms with Gasteiger partial charge in [0.2, 0.25) is 5.91 Å². The highest BCUT2D eigenvalue weighted by Crippen LogP contribution is 2.34. The lowest BCUT2D eigenvalue weighted by atomic mass is 9.95. The molecular weight excluding hydrogens is 688 g/mol. The molecule has 4 aliphatic rings. The molecule has 20 atom stereocenters. The van der Waals surface area contributed by atoms with Crippen LogP contribution >= 0.6 is 0 Å². The Hall–Kier alpha value is -1.98. The first-order valence-electron chi connectivity index (χ1n) is 15.5. The van der Waals surface area contributed by atoms with Crippen molar-refractivity contribution in [2.75, 3.05) is 26.4 Å². The summed E-state index contributed by atoms with van der Waals surface area (Å²) in [5, 5.41) is 131. The average molecular weight is 733 g/mol. The topological polar surface area (TPSA) is 385 Å². The summed E-state index contributed by atoms with van der Waals surface area (Å²) >= 11 is 0. The van der Waals surface area contributed by atoms with Crippen molar-refractivity contribution >= 4 is 5.91 Å². The maximum atomic E-state index is 11.8. The molecule has 0 bridgehead atoms. The van der Waals surface area contributed by atoms with Gasteiger partial charge in [0.1, 0.15) is 97.6 Å². The quantitative estimate of drug-likeness (QED) is 0.0503. The van der Waals surface area contributed by atoms with Gasteiger partial charge in [0.15, 0.2) is 25.1 Å². The number of azide groups is 1. The Balaban J connectivity index is 1.51. The van der Waals surface area contributed by atoms with E-state index >= 15 is 0 Å². The fraction of sp³-hybridized carbons (Fsp3) is 0.962. The van der Waals surface area contributed by atoms with Crippen LogP contribution in [0.5, 0.6) is 0 Å². The Morgan fingerprint density at radius 1 is 0.600 bits per heavy atom. The van der Waals surface area contributed by atoms with Crippen molar-refractivity contribution in [3.05, 3.63) is 10.4 Å². The van der Waals surface area contributed by atoms with Gasteiger partial charge >= 0.3 is 0 Å². The molecule has 50 heavy (non-hydrogen) atoms. The Bertz CT molecular complexity index is 1150. The molecule has 4 heterocycles. The van der Waals surface area contributed by atoms with Crippen LogP contribution in [-0.4, -0.2) is 216 Å². The predicted molar refractivity (Wildman–Crippen MR) is 152 cm³/mol. The van der Waals surface area contributed by atoms with Gasteiger partial charge < -0.3 is 99.8 Å². The van der Waals surface area contributed by atoms with Gasteiger partial charge in [-0.3, -0.25) is 4.79 Å². The molecule has 0 aliphatic carbocycles. The lowest BCUT2D eigenvalue weighted by molar-refractivity contribution is -0.382. The van der Waals surface area contributed by atoms with Gasteiger partial charge in [0, 0.05) is 11.8 Å². The molecule has 1 unspecified atom stereocenters. The van der Waals surface area contributed by atoms with E-state index in [1.54, 1.807) is 0 Å². The van der Waals surface area contributed by atoms with Crippen molar-refractivity contribution in [1.82, 2.24) is 5.32 Å². The normalized spacial score (nSPS) is 48.4. The van der Waals surface area contributed by atoms with E-state index in [4.69, 9.17) is 38.7 Å².